The van der Waals surface area contributed by atoms with Crippen LogP contribution >= 0.6 is 11.6 Å². The Hall–Kier alpha value is -1.32. The summed E-state index contributed by atoms with van der Waals surface area (Å²) in [5, 5.41) is 4.02. The van der Waals surface area contributed by atoms with Crippen LogP contribution in [0.2, 0.25) is 5.02 Å². The Morgan fingerprint density at radius 1 is 1.17 bits per heavy atom. The molecular weight excluding hydrogens is 266 g/mol. The van der Waals surface area contributed by atoms with Crippen LogP contribution in [0.1, 0.15) is 5.56 Å². The van der Waals surface area contributed by atoms with Gasteiger partial charge in [0.05, 0.1) is 0 Å². The molecule has 0 saturated heterocycles. The molecule has 0 radical (unpaired) electrons. The van der Waals surface area contributed by atoms with Crippen molar-refractivity contribution in [3.63, 3.8) is 0 Å². The molecule has 0 aliphatic carbocycles. The standard InChI is InChI=1S/C14H14ClNOS/c1-18(17)14-7-3-6-13(9-14)16-10-11-4-2-5-12(15)8-11/h2-9,16H,10H2,1H3/t18-/m0/s1. The summed E-state index contributed by atoms with van der Waals surface area (Å²) < 4.78 is 11.4. The number of benzene rings is 2. The second kappa shape index (κ2) is 6.03. The molecule has 1 N–H and O–H groups in total. The van der Waals surface area contributed by atoms with Gasteiger partial charge in [-0.2, -0.15) is 0 Å². The predicted octanol–water partition coefficient (Wildman–Crippen LogP) is 3.69. The largest absolute Gasteiger partial charge is 0.381 e. The SMILES string of the molecule is C[S@](=O)c1cccc(NCc2cccc(Cl)c2)c1. The van der Waals surface area contributed by atoms with E-state index in [9.17, 15) is 4.21 Å². The van der Waals surface area contributed by atoms with Crippen molar-refractivity contribution in [2.75, 3.05) is 11.6 Å². The first-order valence-electron chi connectivity index (χ1n) is 5.57. The van der Waals surface area contributed by atoms with Crippen LogP contribution in [0.15, 0.2) is 53.4 Å². The van der Waals surface area contributed by atoms with Crippen molar-refractivity contribution in [3.8, 4) is 0 Å². The van der Waals surface area contributed by atoms with E-state index in [0.717, 1.165) is 21.2 Å². The summed E-state index contributed by atoms with van der Waals surface area (Å²) in [5.41, 5.74) is 2.08. The summed E-state index contributed by atoms with van der Waals surface area (Å²) in [7, 11) is -0.952. The number of rotatable bonds is 4. The smallest absolute Gasteiger partial charge is 0.0498 e. The first-order valence-corrected chi connectivity index (χ1v) is 7.50. The van der Waals surface area contributed by atoms with E-state index in [4.69, 9.17) is 11.6 Å². The van der Waals surface area contributed by atoms with Gasteiger partial charge in [0, 0.05) is 39.2 Å². The molecule has 4 heteroatoms. The van der Waals surface area contributed by atoms with Crippen LogP contribution in [-0.2, 0) is 17.3 Å². The fourth-order valence-corrected chi connectivity index (χ4v) is 2.41. The number of anilines is 1. The van der Waals surface area contributed by atoms with Crippen LogP contribution in [0.4, 0.5) is 5.69 Å². The lowest BCUT2D eigenvalue weighted by Gasteiger charge is -2.08. The number of hydrogen-bond acceptors (Lipinski definition) is 2. The molecule has 0 heterocycles. The van der Waals surface area contributed by atoms with Crippen molar-refractivity contribution in [1.82, 2.24) is 0 Å². The molecule has 94 valence electrons. The molecule has 0 aliphatic heterocycles. The third kappa shape index (κ3) is 3.59. The van der Waals surface area contributed by atoms with Crippen LogP contribution in [0.25, 0.3) is 0 Å². The highest BCUT2D eigenvalue weighted by Crippen LogP contribution is 2.16. The van der Waals surface area contributed by atoms with Gasteiger partial charge in [0.15, 0.2) is 0 Å². The Morgan fingerprint density at radius 2 is 1.94 bits per heavy atom. The van der Waals surface area contributed by atoms with Gasteiger partial charge in [0.2, 0.25) is 0 Å². The highest BCUT2D eigenvalue weighted by molar-refractivity contribution is 7.84. The van der Waals surface area contributed by atoms with Gasteiger partial charge >= 0.3 is 0 Å². The average molecular weight is 280 g/mol. The van der Waals surface area contributed by atoms with Gasteiger partial charge in [-0.15, -0.1) is 0 Å². The minimum absolute atomic E-state index is 0.695. The summed E-state index contributed by atoms with van der Waals surface area (Å²) in [5.74, 6) is 0. The average Bonchev–Trinajstić information content (AvgIpc) is 2.37. The van der Waals surface area contributed by atoms with Gasteiger partial charge in [0.25, 0.3) is 0 Å². The van der Waals surface area contributed by atoms with Crippen molar-refractivity contribution in [2.24, 2.45) is 0 Å². The molecule has 1 atom stereocenters. The fraction of sp³-hybridized carbons (Fsp3) is 0.143. The third-order valence-corrected chi connectivity index (χ3v) is 3.70. The molecule has 0 saturated carbocycles. The Labute approximate surface area is 114 Å². The summed E-state index contributed by atoms with van der Waals surface area (Å²) in [6, 6.07) is 15.3. The minimum Gasteiger partial charge on any atom is -0.381 e. The van der Waals surface area contributed by atoms with Crippen molar-refractivity contribution in [1.29, 1.82) is 0 Å². The quantitative estimate of drug-likeness (QED) is 0.925. The van der Waals surface area contributed by atoms with E-state index in [1.54, 1.807) is 6.26 Å². The van der Waals surface area contributed by atoms with Crippen LogP contribution in [-0.4, -0.2) is 10.5 Å². The molecule has 0 aromatic heterocycles. The lowest BCUT2D eigenvalue weighted by atomic mass is 10.2. The van der Waals surface area contributed by atoms with E-state index < -0.39 is 10.8 Å². The zero-order chi connectivity index (χ0) is 13.0. The topological polar surface area (TPSA) is 29.1 Å². The second-order valence-electron chi connectivity index (χ2n) is 3.97. The molecule has 18 heavy (non-hydrogen) atoms. The monoisotopic (exact) mass is 279 g/mol. The van der Waals surface area contributed by atoms with Crippen LogP contribution in [0, 0.1) is 0 Å². The number of hydrogen-bond donors (Lipinski definition) is 1. The Bertz CT molecular complexity index is 571. The Balaban J connectivity index is 2.06. The molecule has 0 unspecified atom stereocenters. The fourth-order valence-electron chi connectivity index (χ4n) is 1.64. The minimum atomic E-state index is -0.952. The van der Waals surface area contributed by atoms with Gasteiger partial charge < -0.3 is 5.32 Å². The zero-order valence-electron chi connectivity index (χ0n) is 10.0. The Kier molecular flexibility index (Phi) is 4.39. The van der Waals surface area contributed by atoms with Gasteiger partial charge in [-0.05, 0) is 35.9 Å². The molecule has 0 amide bonds. The number of nitrogens with one attached hydrogen (secondary N) is 1. The van der Waals surface area contributed by atoms with E-state index in [1.165, 1.54) is 0 Å². The molecule has 0 spiro atoms. The van der Waals surface area contributed by atoms with Crippen molar-refractivity contribution in [3.05, 3.63) is 59.1 Å². The lowest BCUT2D eigenvalue weighted by Crippen LogP contribution is -2.00. The van der Waals surface area contributed by atoms with E-state index in [1.807, 2.05) is 48.5 Å². The van der Waals surface area contributed by atoms with Crippen molar-refractivity contribution in [2.45, 2.75) is 11.4 Å². The van der Waals surface area contributed by atoms with Gasteiger partial charge in [0.1, 0.15) is 0 Å². The molecule has 0 fully saturated rings. The second-order valence-corrected chi connectivity index (χ2v) is 5.78. The first kappa shape index (κ1) is 13.1. The lowest BCUT2D eigenvalue weighted by molar-refractivity contribution is 0.687. The third-order valence-electron chi connectivity index (χ3n) is 2.55. The summed E-state index contributed by atoms with van der Waals surface area (Å²) in [6.45, 7) is 0.695. The highest BCUT2D eigenvalue weighted by atomic mass is 35.5. The molecule has 0 bridgehead atoms. The highest BCUT2D eigenvalue weighted by Gasteiger charge is 1.99. The van der Waals surface area contributed by atoms with Crippen molar-refractivity contribution >= 4 is 28.1 Å². The van der Waals surface area contributed by atoms with Gasteiger partial charge in [-0.1, -0.05) is 29.8 Å². The molecule has 2 rings (SSSR count). The summed E-state index contributed by atoms with van der Waals surface area (Å²) >= 11 is 5.93. The summed E-state index contributed by atoms with van der Waals surface area (Å²) in [6.07, 6.45) is 1.68. The molecule has 2 aromatic rings. The van der Waals surface area contributed by atoms with E-state index in [0.29, 0.717) is 6.54 Å². The van der Waals surface area contributed by atoms with E-state index in [-0.39, 0.29) is 0 Å². The first-order chi connectivity index (χ1) is 8.65. The van der Waals surface area contributed by atoms with E-state index >= 15 is 0 Å². The summed E-state index contributed by atoms with van der Waals surface area (Å²) in [4.78, 5) is 0.825. The van der Waals surface area contributed by atoms with Crippen LogP contribution in [0.5, 0.6) is 0 Å². The molecule has 2 nitrogen and oxygen atoms in total. The predicted molar refractivity (Wildman–Crippen MR) is 77.6 cm³/mol. The van der Waals surface area contributed by atoms with Gasteiger partial charge in [-0.3, -0.25) is 4.21 Å². The number of halogens is 1. The van der Waals surface area contributed by atoms with Crippen molar-refractivity contribution < 1.29 is 4.21 Å². The maximum absolute atomic E-state index is 11.4. The molecule has 0 aliphatic rings. The maximum atomic E-state index is 11.4. The zero-order valence-corrected chi connectivity index (χ0v) is 11.6. The molecular formula is C14H14ClNOS. The maximum Gasteiger partial charge on any atom is 0.0498 e. The van der Waals surface area contributed by atoms with E-state index in [2.05, 4.69) is 5.32 Å². The normalized spacial score (nSPS) is 12.1. The van der Waals surface area contributed by atoms with Crippen LogP contribution in [0.3, 0.4) is 0 Å². The van der Waals surface area contributed by atoms with Crippen LogP contribution < -0.4 is 5.32 Å². The van der Waals surface area contributed by atoms with Gasteiger partial charge in [-0.25, -0.2) is 0 Å². The Morgan fingerprint density at radius 3 is 2.67 bits per heavy atom. The molecule has 2 aromatic carbocycles.